The van der Waals surface area contributed by atoms with Crippen molar-refractivity contribution in [1.82, 2.24) is 4.90 Å². The van der Waals surface area contributed by atoms with E-state index in [1.807, 2.05) is 35.2 Å². The molecule has 2 saturated heterocycles. The van der Waals surface area contributed by atoms with Crippen LogP contribution in [0.15, 0.2) is 30.3 Å². The largest absolute Gasteiger partial charge is 0.484 e. The van der Waals surface area contributed by atoms with Crippen LogP contribution in [0.3, 0.4) is 0 Å². The first-order valence-corrected chi connectivity index (χ1v) is 9.44. The number of nitrogens with zero attached hydrogens (tertiary/aromatic N) is 1. The lowest BCUT2D eigenvalue weighted by Gasteiger charge is -2.39. The summed E-state index contributed by atoms with van der Waals surface area (Å²) in [5, 5.41) is 0. The van der Waals surface area contributed by atoms with Crippen molar-refractivity contribution in [1.29, 1.82) is 0 Å². The number of ether oxygens (including phenoxy) is 3. The molecule has 1 saturated carbocycles. The number of benzene rings is 1. The summed E-state index contributed by atoms with van der Waals surface area (Å²) in [6.07, 6.45) is 5.70. The molecule has 1 aromatic carbocycles. The van der Waals surface area contributed by atoms with Crippen LogP contribution in [0.1, 0.15) is 32.1 Å². The van der Waals surface area contributed by atoms with E-state index in [1.54, 1.807) is 0 Å². The molecule has 136 valence electrons. The molecule has 3 fully saturated rings. The zero-order chi connectivity index (χ0) is 17.1. The highest BCUT2D eigenvalue weighted by Gasteiger charge is 2.45. The SMILES string of the molecule is O=C(COc1ccccc1)N1CCC[C@]2(C[C@@H](OCC3CC3)CO2)C1. The number of likely N-dealkylation sites (tertiary alicyclic amines) is 1. The number of amides is 1. The van der Waals surface area contributed by atoms with E-state index in [0.717, 1.165) is 44.1 Å². The summed E-state index contributed by atoms with van der Waals surface area (Å²) in [6.45, 7) is 3.07. The highest BCUT2D eigenvalue weighted by atomic mass is 16.6. The summed E-state index contributed by atoms with van der Waals surface area (Å²) in [5.74, 6) is 1.54. The van der Waals surface area contributed by atoms with E-state index in [0.29, 0.717) is 13.2 Å². The fourth-order valence-electron chi connectivity index (χ4n) is 3.81. The average Bonchev–Trinajstić information content (AvgIpc) is 3.41. The zero-order valence-corrected chi connectivity index (χ0v) is 14.7. The Morgan fingerprint density at radius 3 is 2.92 bits per heavy atom. The van der Waals surface area contributed by atoms with Crippen molar-refractivity contribution in [3.63, 3.8) is 0 Å². The maximum Gasteiger partial charge on any atom is 0.260 e. The van der Waals surface area contributed by atoms with Crippen molar-refractivity contribution in [3.05, 3.63) is 30.3 Å². The van der Waals surface area contributed by atoms with Gasteiger partial charge in [0.25, 0.3) is 5.91 Å². The minimum absolute atomic E-state index is 0.0360. The zero-order valence-electron chi connectivity index (χ0n) is 14.7. The van der Waals surface area contributed by atoms with E-state index >= 15 is 0 Å². The highest BCUT2D eigenvalue weighted by molar-refractivity contribution is 5.78. The second-order valence-corrected chi connectivity index (χ2v) is 7.62. The second kappa shape index (κ2) is 7.34. The van der Waals surface area contributed by atoms with Crippen molar-refractivity contribution in [2.75, 3.05) is 32.9 Å². The van der Waals surface area contributed by atoms with E-state index in [-0.39, 0.29) is 24.2 Å². The molecule has 5 nitrogen and oxygen atoms in total. The number of hydrogen-bond donors (Lipinski definition) is 0. The van der Waals surface area contributed by atoms with Crippen LogP contribution in [-0.2, 0) is 14.3 Å². The fourth-order valence-corrected chi connectivity index (χ4v) is 3.81. The minimum atomic E-state index is -0.213. The second-order valence-electron chi connectivity index (χ2n) is 7.62. The predicted octanol–water partition coefficient (Wildman–Crippen LogP) is 2.64. The number of para-hydroxylation sites is 1. The summed E-state index contributed by atoms with van der Waals surface area (Å²) >= 11 is 0. The molecule has 1 aromatic rings. The third-order valence-corrected chi connectivity index (χ3v) is 5.44. The van der Waals surface area contributed by atoms with Crippen LogP contribution in [0.5, 0.6) is 5.75 Å². The van der Waals surface area contributed by atoms with Crippen molar-refractivity contribution in [2.45, 2.75) is 43.8 Å². The predicted molar refractivity (Wildman–Crippen MR) is 93.5 cm³/mol. The fraction of sp³-hybridized carbons (Fsp3) is 0.650. The number of carbonyl (C=O) groups excluding carboxylic acids is 1. The lowest BCUT2D eigenvalue weighted by atomic mass is 9.89. The van der Waals surface area contributed by atoms with Gasteiger partial charge in [-0.05, 0) is 43.7 Å². The smallest absolute Gasteiger partial charge is 0.260 e. The lowest BCUT2D eigenvalue weighted by molar-refractivity contribution is -0.141. The van der Waals surface area contributed by atoms with Gasteiger partial charge in [0.05, 0.1) is 18.3 Å². The number of rotatable bonds is 6. The number of hydrogen-bond acceptors (Lipinski definition) is 4. The number of carbonyl (C=O) groups is 1. The third kappa shape index (κ3) is 4.33. The monoisotopic (exact) mass is 345 g/mol. The maximum atomic E-state index is 12.5. The topological polar surface area (TPSA) is 48.0 Å². The van der Waals surface area contributed by atoms with E-state index in [4.69, 9.17) is 14.2 Å². The Balaban J connectivity index is 1.27. The Bertz CT molecular complexity index is 589. The molecule has 1 spiro atoms. The first-order chi connectivity index (χ1) is 12.2. The van der Waals surface area contributed by atoms with Gasteiger partial charge in [-0.3, -0.25) is 4.79 Å². The van der Waals surface area contributed by atoms with Crippen LogP contribution in [-0.4, -0.2) is 55.4 Å². The van der Waals surface area contributed by atoms with Gasteiger partial charge >= 0.3 is 0 Å². The molecule has 5 heteroatoms. The molecule has 2 atom stereocenters. The van der Waals surface area contributed by atoms with Crippen LogP contribution >= 0.6 is 0 Å². The van der Waals surface area contributed by atoms with Crippen LogP contribution in [0.25, 0.3) is 0 Å². The summed E-state index contributed by atoms with van der Waals surface area (Å²) in [7, 11) is 0. The molecule has 0 bridgehead atoms. The van der Waals surface area contributed by atoms with Gasteiger partial charge in [0.2, 0.25) is 0 Å². The van der Waals surface area contributed by atoms with Crippen LogP contribution in [0.2, 0.25) is 0 Å². The van der Waals surface area contributed by atoms with Gasteiger partial charge in [-0.2, -0.15) is 0 Å². The Kier molecular flexibility index (Phi) is 4.95. The average molecular weight is 345 g/mol. The van der Waals surface area contributed by atoms with E-state index in [1.165, 1.54) is 12.8 Å². The molecular weight excluding hydrogens is 318 g/mol. The van der Waals surface area contributed by atoms with E-state index in [2.05, 4.69) is 0 Å². The molecule has 3 aliphatic rings. The Hall–Kier alpha value is -1.59. The standard InChI is InChI=1S/C20H27NO4/c22-19(14-24-17-5-2-1-3-6-17)21-10-4-9-20(15-21)11-18(13-25-20)23-12-16-7-8-16/h1-3,5-6,16,18H,4,7-15H2/t18-,20+/m1/s1. The van der Waals surface area contributed by atoms with Gasteiger partial charge in [0, 0.05) is 26.1 Å². The van der Waals surface area contributed by atoms with Crippen LogP contribution < -0.4 is 4.74 Å². The Labute approximate surface area is 149 Å². The van der Waals surface area contributed by atoms with Crippen molar-refractivity contribution in [3.8, 4) is 5.75 Å². The summed E-state index contributed by atoms with van der Waals surface area (Å²) in [5.41, 5.74) is -0.213. The summed E-state index contributed by atoms with van der Waals surface area (Å²) in [4.78, 5) is 14.4. The van der Waals surface area contributed by atoms with Gasteiger partial charge in [-0.1, -0.05) is 18.2 Å². The molecule has 1 aliphatic carbocycles. The van der Waals surface area contributed by atoms with Crippen LogP contribution in [0.4, 0.5) is 0 Å². The molecule has 1 amide bonds. The van der Waals surface area contributed by atoms with Crippen LogP contribution in [0, 0.1) is 5.92 Å². The molecule has 0 radical (unpaired) electrons. The molecular formula is C20H27NO4. The van der Waals surface area contributed by atoms with Gasteiger partial charge in [0.1, 0.15) is 5.75 Å². The van der Waals surface area contributed by atoms with Crippen molar-refractivity contribution in [2.24, 2.45) is 5.92 Å². The van der Waals surface area contributed by atoms with Crippen molar-refractivity contribution < 1.29 is 19.0 Å². The third-order valence-electron chi connectivity index (χ3n) is 5.44. The quantitative estimate of drug-likeness (QED) is 0.795. The molecule has 25 heavy (non-hydrogen) atoms. The molecule has 4 rings (SSSR count). The van der Waals surface area contributed by atoms with Gasteiger partial charge in [-0.25, -0.2) is 0 Å². The van der Waals surface area contributed by atoms with Gasteiger partial charge < -0.3 is 19.1 Å². The summed E-state index contributed by atoms with van der Waals surface area (Å²) in [6, 6.07) is 9.48. The first-order valence-electron chi connectivity index (χ1n) is 9.44. The Morgan fingerprint density at radius 2 is 2.12 bits per heavy atom. The van der Waals surface area contributed by atoms with E-state index in [9.17, 15) is 4.79 Å². The van der Waals surface area contributed by atoms with Crippen molar-refractivity contribution >= 4 is 5.91 Å². The molecule has 0 aromatic heterocycles. The number of piperidine rings is 1. The van der Waals surface area contributed by atoms with Gasteiger partial charge in [-0.15, -0.1) is 0 Å². The highest BCUT2D eigenvalue weighted by Crippen LogP contribution is 2.37. The molecule has 2 aliphatic heterocycles. The van der Waals surface area contributed by atoms with Gasteiger partial charge in [0.15, 0.2) is 6.61 Å². The first kappa shape index (κ1) is 16.9. The molecule has 0 unspecified atom stereocenters. The molecule has 0 N–H and O–H groups in total. The molecule has 2 heterocycles. The maximum absolute atomic E-state index is 12.5. The minimum Gasteiger partial charge on any atom is -0.484 e. The summed E-state index contributed by atoms with van der Waals surface area (Å²) < 4.78 is 17.7. The Morgan fingerprint density at radius 1 is 1.28 bits per heavy atom. The lowest BCUT2D eigenvalue weighted by Crippen LogP contribution is -2.51. The van der Waals surface area contributed by atoms with E-state index < -0.39 is 0 Å². The normalized spacial score (nSPS) is 29.1.